The number of hydrogen-bond donors (Lipinski definition) is 0. The molecule has 0 bridgehead atoms. The van der Waals surface area contributed by atoms with Crippen LogP contribution in [0, 0.1) is 0 Å². The van der Waals surface area contributed by atoms with Gasteiger partial charge in [-0.05, 0) is 26.0 Å². The van der Waals surface area contributed by atoms with Crippen LogP contribution in [0.5, 0.6) is 0 Å². The number of benzene rings is 1. The van der Waals surface area contributed by atoms with Gasteiger partial charge < -0.3 is 4.84 Å². The third-order valence-corrected chi connectivity index (χ3v) is 3.24. The second-order valence-corrected chi connectivity index (χ2v) is 4.56. The fourth-order valence-corrected chi connectivity index (χ4v) is 2.24. The average Bonchev–Trinajstić information content (AvgIpc) is 2.88. The molecular weight excluding hydrogens is 230 g/mol. The number of carbonyl (C=O) groups excluding carboxylic acids is 1. The van der Waals surface area contributed by atoms with Crippen molar-refractivity contribution in [3.05, 3.63) is 30.3 Å². The van der Waals surface area contributed by atoms with Crippen molar-refractivity contribution in [3.8, 4) is 0 Å². The van der Waals surface area contributed by atoms with Gasteiger partial charge in [-0.1, -0.05) is 23.4 Å². The highest BCUT2D eigenvalue weighted by atomic mass is 16.7. The van der Waals surface area contributed by atoms with Crippen LogP contribution in [0.25, 0.3) is 0 Å². The van der Waals surface area contributed by atoms with Gasteiger partial charge in [0.1, 0.15) is 0 Å². The summed E-state index contributed by atoms with van der Waals surface area (Å²) in [5.41, 5.74) is 1.19. The number of amides is 1. The van der Waals surface area contributed by atoms with E-state index in [1.165, 1.54) is 5.01 Å². The lowest BCUT2D eigenvalue weighted by Gasteiger charge is -2.20. The fourth-order valence-electron chi connectivity index (χ4n) is 2.24. The lowest BCUT2D eigenvalue weighted by atomic mass is 9.93. The minimum absolute atomic E-state index is 0.174. The van der Waals surface area contributed by atoms with Crippen molar-refractivity contribution in [3.63, 3.8) is 0 Å². The van der Waals surface area contributed by atoms with Gasteiger partial charge in [0.2, 0.25) is 0 Å². The molecular formula is C13H13N3O2. The van der Waals surface area contributed by atoms with Gasteiger partial charge in [0.15, 0.2) is 0 Å². The van der Waals surface area contributed by atoms with Gasteiger partial charge in [0.25, 0.3) is 5.60 Å². The highest BCUT2D eigenvalue weighted by Gasteiger charge is 2.55. The number of para-hydroxylation sites is 1. The molecule has 1 atom stereocenters. The Labute approximate surface area is 105 Å². The Morgan fingerprint density at radius 3 is 2.61 bits per heavy atom. The maximum Gasteiger partial charge on any atom is 0.300 e. The van der Waals surface area contributed by atoms with Crippen molar-refractivity contribution >= 4 is 23.0 Å². The molecule has 0 saturated carbocycles. The SMILES string of the molecule is CC1=NOC2(C1)C(=O)N(c1ccccc1)N=C2C. The minimum Gasteiger partial charge on any atom is -0.372 e. The van der Waals surface area contributed by atoms with Gasteiger partial charge in [0, 0.05) is 6.42 Å². The molecule has 0 aliphatic carbocycles. The number of nitrogens with zero attached hydrogens (tertiary/aromatic N) is 3. The predicted octanol–water partition coefficient (Wildman–Crippen LogP) is 1.94. The van der Waals surface area contributed by atoms with E-state index in [4.69, 9.17) is 4.84 Å². The fraction of sp³-hybridized carbons (Fsp3) is 0.308. The number of rotatable bonds is 1. The van der Waals surface area contributed by atoms with Crippen molar-refractivity contribution in [2.45, 2.75) is 25.9 Å². The Balaban J connectivity index is 1.97. The van der Waals surface area contributed by atoms with Crippen LogP contribution in [-0.4, -0.2) is 22.9 Å². The molecule has 1 aromatic carbocycles. The molecule has 0 N–H and O–H groups in total. The van der Waals surface area contributed by atoms with E-state index >= 15 is 0 Å². The Hall–Kier alpha value is -2.17. The Kier molecular flexibility index (Phi) is 2.23. The zero-order valence-electron chi connectivity index (χ0n) is 10.3. The lowest BCUT2D eigenvalue weighted by molar-refractivity contribution is -0.132. The van der Waals surface area contributed by atoms with Crippen molar-refractivity contribution in [2.24, 2.45) is 10.3 Å². The van der Waals surface area contributed by atoms with E-state index < -0.39 is 5.60 Å². The Morgan fingerprint density at radius 2 is 2.00 bits per heavy atom. The normalized spacial score (nSPS) is 26.3. The number of oxime groups is 1. The molecule has 2 heterocycles. The molecule has 0 radical (unpaired) electrons. The molecule has 2 aliphatic rings. The van der Waals surface area contributed by atoms with Crippen molar-refractivity contribution < 1.29 is 9.63 Å². The lowest BCUT2D eigenvalue weighted by Crippen LogP contribution is -2.45. The molecule has 2 aliphatic heterocycles. The second kappa shape index (κ2) is 3.66. The highest BCUT2D eigenvalue weighted by molar-refractivity contribution is 6.23. The molecule has 0 fully saturated rings. The first-order valence-corrected chi connectivity index (χ1v) is 5.80. The summed E-state index contributed by atoms with van der Waals surface area (Å²) in [6.07, 6.45) is 0.477. The van der Waals surface area contributed by atoms with Crippen LogP contribution >= 0.6 is 0 Å². The standard InChI is InChI=1S/C13H13N3O2/c1-9-8-13(18-15-9)10(2)14-16(12(13)17)11-6-4-3-5-7-11/h3-7H,8H2,1-2H3. The van der Waals surface area contributed by atoms with Crippen LogP contribution in [0.4, 0.5) is 5.69 Å². The monoisotopic (exact) mass is 243 g/mol. The summed E-state index contributed by atoms with van der Waals surface area (Å²) in [7, 11) is 0. The van der Waals surface area contributed by atoms with Crippen LogP contribution in [0.1, 0.15) is 20.3 Å². The summed E-state index contributed by atoms with van der Waals surface area (Å²) in [6, 6.07) is 9.33. The molecule has 5 nitrogen and oxygen atoms in total. The van der Waals surface area contributed by atoms with Crippen LogP contribution in [0.3, 0.4) is 0 Å². The first kappa shape index (κ1) is 11.0. The summed E-state index contributed by atoms with van der Waals surface area (Å²) in [5, 5.41) is 9.59. The zero-order valence-corrected chi connectivity index (χ0v) is 10.3. The maximum absolute atomic E-state index is 12.5. The minimum atomic E-state index is -1.01. The summed E-state index contributed by atoms with van der Waals surface area (Å²) in [4.78, 5) is 17.9. The van der Waals surface area contributed by atoms with Gasteiger partial charge in [-0.3, -0.25) is 4.79 Å². The molecule has 1 aromatic rings. The second-order valence-electron chi connectivity index (χ2n) is 4.56. The van der Waals surface area contributed by atoms with Crippen LogP contribution < -0.4 is 5.01 Å². The molecule has 92 valence electrons. The van der Waals surface area contributed by atoms with Crippen molar-refractivity contribution in [2.75, 3.05) is 5.01 Å². The first-order valence-electron chi connectivity index (χ1n) is 5.80. The van der Waals surface area contributed by atoms with Crippen LogP contribution in [-0.2, 0) is 9.63 Å². The molecule has 3 rings (SSSR count). The third kappa shape index (κ3) is 1.37. The van der Waals surface area contributed by atoms with E-state index in [2.05, 4.69) is 10.3 Å². The van der Waals surface area contributed by atoms with E-state index in [0.29, 0.717) is 12.1 Å². The number of carbonyl (C=O) groups is 1. The first-order chi connectivity index (χ1) is 8.63. The van der Waals surface area contributed by atoms with Crippen LogP contribution in [0.2, 0.25) is 0 Å². The molecule has 1 unspecified atom stereocenters. The van der Waals surface area contributed by atoms with Gasteiger partial charge in [0.05, 0.1) is 17.1 Å². The number of hydrazone groups is 1. The van der Waals surface area contributed by atoms with Gasteiger partial charge in [-0.25, -0.2) is 0 Å². The van der Waals surface area contributed by atoms with Crippen LogP contribution in [0.15, 0.2) is 40.6 Å². The topological polar surface area (TPSA) is 54.3 Å². The molecule has 5 heteroatoms. The average molecular weight is 243 g/mol. The molecule has 1 spiro atoms. The van der Waals surface area contributed by atoms with Crippen molar-refractivity contribution in [1.82, 2.24) is 0 Å². The molecule has 1 amide bonds. The molecule has 18 heavy (non-hydrogen) atoms. The summed E-state index contributed by atoms with van der Waals surface area (Å²) >= 11 is 0. The summed E-state index contributed by atoms with van der Waals surface area (Å²) in [6.45, 7) is 3.65. The van der Waals surface area contributed by atoms with E-state index in [-0.39, 0.29) is 5.91 Å². The highest BCUT2D eigenvalue weighted by Crippen LogP contribution is 2.35. The van der Waals surface area contributed by atoms with Gasteiger partial charge in [-0.2, -0.15) is 10.1 Å². The molecule has 0 saturated heterocycles. The predicted molar refractivity (Wildman–Crippen MR) is 68.6 cm³/mol. The summed E-state index contributed by atoms with van der Waals surface area (Å²) < 4.78 is 0. The zero-order chi connectivity index (χ0) is 12.8. The third-order valence-electron chi connectivity index (χ3n) is 3.24. The largest absolute Gasteiger partial charge is 0.372 e. The Morgan fingerprint density at radius 1 is 1.28 bits per heavy atom. The summed E-state index contributed by atoms with van der Waals surface area (Å²) in [5.74, 6) is -0.174. The van der Waals surface area contributed by atoms with E-state index in [1.54, 1.807) is 6.92 Å². The van der Waals surface area contributed by atoms with Gasteiger partial charge in [-0.15, -0.1) is 0 Å². The molecule has 0 aromatic heterocycles. The smallest absolute Gasteiger partial charge is 0.300 e. The quantitative estimate of drug-likeness (QED) is 0.757. The number of hydrogen-bond acceptors (Lipinski definition) is 4. The van der Waals surface area contributed by atoms with Gasteiger partial charge >= 0.3 is 5.91 Å². The van der Waals surface area contributed by atoms with E-state index in [0.717, 1.165) is 11.4 Å². The van der Waals surface area contributed by atoms with E-state index in [9.17, 15) is 4.79 Å². The van der Waals surface area contributed by atoms with E-state index in [1.807, 2.05) is 37.3 Å². The Bertz CT molecular complexity index is 565. The van der Waals surface area contributed by atoms with Crippen molar-refractivity contribution in [1.29, 1.82) is 0 Å². The number of anilines is 1. The maximum atomic E-state index is 12.5.